The summed E-state index contributed by atoms with van der Waals surface area (Å²) >= 11 is 3.47. The molecule has 0 saturated carbocycles. The van der Waals surface area contributed by atoms with Crippen LogP contribution in [0.15, 0.2) is 77.3 Å². The van der Waals surface area contributed by atoms with Gasteiger partial charge in [-0.3, -0.25) is 4.79 Å². The molecule has 1 amide bonds. The van der Waals surface area contributed by atoms with Gasteiger partial charge in [-0.2, -0.15) is 0 Å². The lowest BCUT2D eigenvalue weighted by atomic mass is 9.96. The maximum Gasteiger partial charge on any atom is 0.249 e. The van der Waals surface area contributed by atoms with E-state index in [0.29, 0.717) is 5.56 Å². The lowest BCUT2D eigenvalue weighted by Gasteiger charge is -2.08. The van der Waals surface area contributed by atoms with Crippen LogP contribution >= 0.6 is 15.9 Å². The van der Waals surface area contributed by atoms with E-state index in [4.69, 9.17) is 5.73 Å². The Kier molecular flexibility index (Phi) is 4.02. The predicted octanol–water partition coefficient (Wildman–Crippen LogP) is 5.45. The van der Waals surface area contributed by atoms with Crippen molar-refractivity contribution < 1.29 is 4.79 Å². The van der Waals surface area contributed by atoms with Crippen molar-refractivity contribution in [3.05, 3.63) is 94.0 Å². The van der Waals surface area contributed by atoms with Crippen molar-refractivity contribution in [1.29, 1.82) is 0 Å². The first-order valence-corrected chi connectivity index (χ1v) is 8.89. The highest BCUT2D eigenvalue weighted by Crippen LogP contribution is 2.27. The molecule has 2 nitrogen and oxygen atoms in total. The first-order chi connectivity index (χ1) is 12.1. The number of rotatable bonds is 3. The number of benzene rings is 4. The van der Waals surface area contributed by atoms with E-state index in [1.807, 2.05) is 18.2 Å². The van der Waals surface area contributed by atoms with Gasteiger partial charge in [-0.15, -0.1) is 0 Å². The third-order valence-electron chi connectivity index (χ3n) is 4.49. The number of nitrogens with two attached hydrogens (primary N) is 1. The highest BCUT2D eigenvalue weighted by Gasteiger charge is 2.08. The van der Waals surface area contributed by atoms with Crippen molar-refractivity contribution in [3.8, 4) is 0 Å². The third kappa shape index (κ3) is 3.15. The highest BCUT2D eigenvalue weighted by molar-refractivity contribution is 9.10. The fourth-order valence-electron chi connectivity index (χ4n) is 3.24. The molecule has 2 N–H and O–H groups in total. The summed E-state index contributed by atoms with van der Waals surface area (Å²) < 4.78 is 1.09. The molecule has 4 aromatic carbocycles. The number of carbonyl (C=O) groups is 1. The highest BCUT2D eigenvalue weighted by atomic mass is 79.9. The fraction of sp³-hybridized carbons (Fsp3) is 0.0455. The molecule has 4 aromatic rings. The maximum atomic E-state index is 11.7. The van der Waals surface area contributed by atoms with E-state index in [-0.39, 0.29) is 0 Å². The maximum absolute atomic E-state index is 11.7. The molecule has 3 heteroatoms. The normalized spacial score (nSPS) is 11.1. The van der Waals surface area contributed by atoms with E-state index in [2.05, 4.69) is 64.5 Å². The summed E-state index contributed by atoms with van der Waals surface area (Å²) in [6, 6.07) is 24.7. The summed E-state index contributed by atoms with van der Waals surface area (Å²) in [5, 5.41) is 4.22. The molecule has 0 aliphatic carbocycles. The second kappa shape index (κ2) is 6.34. The quantitative estimate of drug-likeness (QED) is 0.465. The molecule has 122 valence electrons. The van der Waals surface area contributed by atoms with Gasteiger partial charge in [0, 0.05) is 10.0 Å². The van der Waals surface area contributed by atoms with Gasteiger partial charge in [0.15, 0.2) is 0 Å². The van der Waals surface area contributed by atoms with Crippen LogP contribution in [0.3, 0.4) is 0 Å². The van der Waals surface area contributed by atoms with Crippen LogP contribution in [0, 0.1) is 0 Å². The van der Waals surface area contributed by atoms with Gasteiger partial charge in [0.2, 0.25) is 5.91 Å². The Morgan fingerprint density at radius 2 is 1.56 bits per heavy atom. The molecule has 25 heavy (non-hydrogen) atoms. The monoisotopic (exact) mass is 389 g/mol. The van der Waals surface area contributed by atoms with Crippen LogP contribution < -0.4 is 5.73 Å². The molecule has 0 spiro atoms. The second-order valence-corrected chi connectivity index (χ2v) is 7.14. The van der Waals surface area contributed by atoms with Gasteiger partial charge >= 0.3 is 0 Å². The summed E-state index contributed by atoms with van der Waals surface area (Å²) in [7, 11) is 0. The van der Waals surface area contributed by atoms with Gasteiger partial charge in [0.1, 0.15) is 0 Å². The topological polar surface area (TPSA) is 43.1 Å². The zero-order chi connectivity index (χ0) is 17.4. The van der Waals surface area contributed by atoms with E-state index in [1.165, 1.54) is 16.5 Å². The van der Waals surface area contributed by atoms with Crippen LogP contribution in [0.4, 0.5) is 0 Å². The van der Waals surface area contributed by atoms with Crippen molar-refractivity contribution >= 4 is 43.4 Å². The van der Waals surface area contributed by atoms with Crippen LogP contribution in [-0.2, 0) is 6.42 Å². The Morgan fingerprint density at radius 3 is 2.32 bits per heavy atom. The first kappa shape index (κ1) is 15.9. The van der Waals surface area contributed by atoms with E-state index < -0.39 is 5.91 Å². The van der Waals surface area contributed by atoms with E-state index in [9.17, 15) is 4.79 Å². The molecule has 0 atom stereocenters. The van der Waals surface area contributed by atoms with Crippen molar-refractivity contribution in [2.24, 2.45) is 5.73 Å². The van der Waals surface area contributed by atoms with Crippen LogP contribution in [0.25, 0.3) is 21.5 Å². The average Bonchev–Trinajstić information content (AvgIpc) is 2.61. The molecular formula is C22H16BrNO. The van der Waals surface area contributed by atoms with E-state index in [0.717, 1.165) is 27.1 Å². The minimum atomic E-state index is -0.392. The van der Waals surface area contributed by atoms with E-state index in [1.54, 1.807) is 6.07 Å². The molecule has 0 unspecified atom stereocenters. The third-order valence-corrected chi connectivity index (χ3v) is 5.02. The molecule has 0 aromatic heterocycles. The molecule has 0 aliphatic heterocycles. The molecular weight excluding hydrogens is 374 g/mol. The number of amides is 1. The minimum Gasteiger partial charge on any atom is -0.366 e. The first-order valence-electron chi connectivity index (χ1n) is 8.10. The predicted molar refractivity (Wildman–Crippen MR) is 107 cm³/mol. The lowest BCUT2D eigenvalue weighted by molar-refractivity contribution is 0.100. The smallest absolute Gasteiger partial charge is 0.249 e. The lowest BCUT2D eigenvalue weighted by Crippen LogP contribution is -2.11. The van der Waals surface area contributed by atoms with Crippen LogP contribution in [-0.4, -0.2) is 5.91 Å². The number of halogens is 1. The largest absolute Gasteiger partial charge is 0.366 e. The van der Waals surface area contributed by atoms with Crippen molar-refractivity contribution in [1.82, 2.24) is 0 Å². The Bertz CT molecular complexity index is 1100. The molecule has 0 heterocycles. The molecule has 4 rings (SSSR count). The summed E-state index contributed by atoms with van der Waals surface area (Å²) in [6.07, 6.45) is 0.891. The fourth-order valence-corrected chi connectivity index (χ4v) is 3.50. The van der Waals surface area contributed by atoms with Crippen molar-refractivity contribution in [2.75, 3.05) is 0 Å². The Labute approximate surface area is 154 Å². The molecule has 0 aliphatic rings. The van der Waals surface area contributed by atoms with Gasteiger partial charge in [0.25, 0.3) is 0 Å². The number of fused-ring (bicyclic) bond motifs is 2. The molecule has 0 fully saturated rings. The minimum absolute atomic E-state index is 0.392. The van der Waals surface area contributed by atoms with Crippen molar-refractivity contribution in [3.63, 3.8) is 0 Å². The van der Waals surface area contributed by atoms with E-state index >= 15 is 0 Å². The number of carbonyl (C=O) groups excluding carboxylic acids is 1. The summed E-state index contributed by atoms with van der Waals surface area (Å²) in [5.41, 5.74) is 8.61. The van der Waals surface area contributed by atoms with Gasteiger partial charge in [-0.1, -0.05) is 58.4 Å². The van der Waals surface area contributed by atoms with Crippen molar-refractivity contribution in [2.45, 2.75) is 6.42 Å². The summed E-state index contributed by atoms with van der Waals surface area (Å²) in [4.78, 5) is 11.7. The molecule has 0 saturated heterocycles. The van der Waals surface area contributed by atoms with Gasteiger partial charge in [-0.25, -0.2) is 0 Å². The van der Waals surface area contributed by atoms with Gasteiger partial charge in [-0.05, 0) is 69.4 Å². The Balaban J connectivity index is 1.79. The summed E-state index contributed by atoms with van der Waals surface area (Å²) in [6.45, 7) is 0. The van der Waals surface area contributed by atoms with Crippen LogP contribution in [0.5, 0.6) is 0 Å². The zero-order valence-electron chi connectivity index (χ0n) is 13.5. The van der Waals surface area contributed by atoms with Gasteiger partial charge < -0.3 is 5.73 Å². The molecule has 0 radical (unpaired) electrons. The summed E-state index contributed by atoms with van der Waals surface area (Å²) in [5.74, 6) is -0.392. The SMILES string of the molecule is NC(=O)c1cccc2cc3cc(Cc4ccc(Br)cc4)ccc3cc12. The zero-order valence-corrected chi connectivity index (χ0v) is 15.1. The number of primary amides is 1. The standard InChI is InChI=1S/C22H16BrNO/c23-19-8-5-14(6-9-19)10-15-4-7-16-13-21-17(12-18(16)11-15)2-1-3-20(21)22(24)25/h1-9,11-13H,10H2,(H2,24,25). The van der Waals surface area contributed by atoms with Crippen LogP contribution in [0.1, 0.15) is 21.5 Å². The number of hydrogen-bond acceptors (Lipinski definition) is 1. The van der Waals surface area contributed by atoms with Crippen LogP contribution in [0.2, 0.25) is 0 Å². The Hall–Kier alpha value is -2.65. The second-order valence-electron chi connectivity index (χ2n) is 6.23. The Morgan fingerprint density at radius 1 is 0.800 bits per heavy atom. The van der Waals surface area contributed by atoms with Gasteiger partial charge in [0.05, 0.1) is 0 Å². The molecule has 0 bridgehead atoms. The average molecular weight is 390 g/mol. The number of hydrogen-bond donors (Lipinski definition) is 1.